The van der Waals surface area contributed by atoms with Crippen LogP contribution in [0.3, 0.4) is 0 Å². The van der Waals surface area contributed by atoms with Crippen molar-refractivity contribution < 1.29 is 9.18 Å². The molecule has 3 heteroatoms. The monoisotopic (exact) mass is 171 g/mol. The molecule has 2 nitrogen and oxygen atoms in total. The molecule has 2 aliphatic rings. The number of hydrogen-bond acceptors (Lipinski definition) is 2. The van der Waals surface area contributed by atoms with Gasteiger partial charge in [0.15, 0.2) is 0 Å². The zero-order valence-corrected chi connectivity index (χ0v) is 7.00. The summed E-state index contributed by atoms with van der Waals surface area (Å²) >= 11 is 0. The van der Waals surface area contributed by atoms with Gasteiger partial charge in [-0.3, -0.25) is 0 Å². The third-order valence-electron chi connectivity index (χ3n) is 3.18. The highest BCUT2D eigenvalue weighted by molar-refractivity contribution is 5.55. The molecule has 1 saturated carbocycles. The number of carbonyl (C=O) groups is 1. The molecule has 2 rings (SSSR count). The first-order chi connectivity index (χ1) is 5.83. The Bertz CT molecular complexity index is 185. The summed E-state index contributed by atoms with van der Waals surface area (Å²) in [5, 5.41) is 3.10. The van der Waals surface area contributed by atoms with Gasteiger partial charge < -0.3 is 10.1 Å². The number of rotatable bonds is 1. The summed E-state index contributed by atoms with van der Waals surface area (Å²) in [7, 11) is 0. The number of carbonyl (C=O) groups excluding carboxylic acids is 1. The van der Waals surface area contributed by atoms with Crippen molar-refractivity contribution in [2.75, 3.05) is 6.54 Å². The summed E-state index contributed by atoms with van der Waals surface area (Å²) in [5.74, 6) is 0.333. The van der Waals surface area contributed by atoms with Crippen LogP contribution < -0.4 is 5.32 Å². The predicted molar refractivity (Wildman–Crippen MR) is 43.6 cm³/mol. The Balaban J connectivity index is 2.08. The Labute approximate surface area is 71.5 Å². The van der Waals surface area contributed by atoms with E-state index in [4.69, 9.17) is 0 Å². The maximum Gasteiger partial charge on any atom is 0.124 e. The number of alkyl halides is 1. The van der Waals surface area contributed by atoms with Gasteiger partial charge >= 0.3 is 0 Å². The molecule has 0 aromatic heterocycles. The van der Waals surface area contributed by atoms with Crippen LogP contribution in [0.15, 0.2) is 0 Å². The van der Waals surface area contributed by atoms with Crippen LogP contribution in [0.2, 0.25) is 0 Å². The van der Waals surface area contributed by atoms with Crippen molar-refractivity contribution in [3.8, 4) is 0 Å². The van der Waals surface area contributed by atoms with E-state index in [1.54, 1.807) is 0 Å². The highest BCUT2D eigenvalue weighted by atomic mass is 19.1. The first kappa shape index (κ1) is 8.17. The first-order valence-corrected chi connectivity index (χ1v) is 4.65. The van der Waals surface area contributed by atoms with Crippen LogP contribution in [0.1, 0.15) is 19.3 Å². The zero-order chi connectivity index (χ0) is 8.55. The Morgan fingerprint density at radius 2 is 2.25 bits per heavy atom. The Kier molecular flexibility index (Phi) is 2.13. The third kappa shape index (κ3) is 1.16. The maximum atomic E-state index is 13.3. The highest BCUT2D eigenvalue weighted by Gasteiger charge is 2.42. The number of fused-ring (bicyclic) bond motifs is 1. The summed E-state index contributed by atoms with van der Waals surface area (Å²) < 4.78 is 13.3. The van der Waals surface area contributed by atoms with E-state index in [-0.39, 0.29) is 17.9 Å². The second kappa shape index (κ2) is 3.13. The van der Waals surface area contributed by atoms with Crippen molar-refractivity contribution in [3.63, 3.8) is 0 Å². The Morgan fingerprint density at radius 3 is 3.00 bits per heavy atom. The second-order valence-electron chi connectivity index (χ2n) is 3.84. The number of nitrogens with one attached hydrogen (secondary N) is 1. The third-order valence-corrected chi connectivity index (χ3v) is 3.18. The van der Waals surface area contributed by atoms with Crippen molar-refractivity contribution in [2.24, 2.45) is 11.8 Å². The minimum Gasteiger partial charge on any atom is -0.310 e. The van der Waals surface area contributed by atoms with Gasteiger partial charge in [-0.15, -0.1) is 0 Å². The molecule has 1 saturated heterocycles. The lowest BCUT2D eigenvalue weighted by molar-refractivity contribution is -0.112. The Hall–Kier alpha value is -0.440. The van der Waals surface area contributed by atoms with Gasteiger partial charge in [0.1, 0.15) is 12.5 Å². The fourth-order valence-electron chi connectivity index (χ4n) is 2.51. The molecule has 1 aliphatic carbocycles. The Morgan fingerprint density at radius 1 is 1.42 bits per heavy atom. The lowest BCUT2D eigenvalue weighted by Crippen LogP contribution is -2.40. The van der Waals surface area contributed by atoms with Gasteiger partial charge in [-0.25, -0.2) is 4.39 Å². The smallest absolute Gasteiger partial charge is 0.124 e. The molecule has 0 aromatic carbocycles. The number of halogens is 1. The van der Waals surface area contributed by atoms with Gasteiger partial charge in [0.2, 0.25) is 0 Å². The van der Waals surface area contributed by atoms with Gasteiger partial charge in [-0.2, -0.15) is 0 Å². The van der Waals surface area contributed by atoms with Crippen LogP contribution in [0.25, 0.3) is 0 Å². The molecule has 0 amide bonds. The molecule has 4 unspecified atom stereocenters. The van der Waals surface area contributed by atoms with Crippen LogP contribution in [0, 0.1) is 11.8 Å². The molecule has 1 heterocycles. The van der Waals surface area contributed by atoms with Gasteiger partial charge in [-0.05, 0) is 18.8 Å². The zero-order valence-electron chi connectivity index (χ0n) is 7.00. The largest absolute Gasteiger partial charge is 0.310 e. The lowest BCUT2D eigenvalue weighted by Gasteiger charge is -2.29. The second-order valence-corrected chi connectivity index (χ2v) is 3.84. The van der Waals surface area contributed by atoms with Crippen molar-refractivity contribution in [2.45, 2.75) is 31.5 Å². The fraction of sp³-hybridized carbons (Fsp3) is 0.889. The molecule has 4 atom stereocenters. The molecular formula is C9H14FNO. The molecule has 12 heavy (non-hydrogen) atoms. The summed E-state index contributed by atoms with van der Waals surface area (Å²) in [6.45, 7) is 0.680. The normalized spacial score (nSPS) is 47.1. The molecule has 68 valence electrons. The van der Waals surface area contributed by atoms with Gasteiger partial charge in [0, 0.05) is 18.5 Å². The van der Waals surface area contributed by atoms with E-state index >= 15 is 0 Å². The van der Waals surface area contributed by atoms with E-state index in [9.17, 15) is 9.18 Å². The van der Waals surface area contributed by atoms with Crippen LogP contribution >= 0.6 is 0 Å². The van der Waals surface area contributed by atoms with Crippen molar-refractivity contribution in [1.82, 2.24) is 5.32 Å². The van der Waals surface area contributed by atoms with Crippen molar-refractivity contribution >= 4 is 6.29 Å². The average molecular weight is 171 g/mol. The van der Waals surface area contributed by atoms with E-state index in [2.05, 4.69) is 5.32 Å². The van der Waals surface area contributed by atoms with Gasteiger partial charge in [-0.1, -0.05) is 6.42 Å². The summed E-state index contributed by atoms with van der Waals surface area (Å²) in [6, 6.07) is -0.0334. The fourth-order valence-corrected chi connectivity index (χ4v) is 2.51. The maximum absolute atomic E-state index is 13.3. The van der Waals surface area contributed by atoms with E-state index in [0.29, 0.717) is 13.0 Å². The molecule has 0 spiro atoms. The van der Waals surface area contributed by atoms with Crippen molar-refractivity contribution in [3.05, 3.63) is 0 Å². The molecule has 0 bridgehead atoms. The average Bonchev–Trinajstić information content (AvgIpc) is 2.49. The molecule has 1 aliphatic heterocycles. The van der Waals surface area contributed by atoms with Gasteiger partial charge in [0.05, 0.1) is 0 Å². The lowest BCUT2D eigenvalue weighted by atomic mass is 9.79. The van der Waals surface area contributed by atoms with E-state index < -0.39 is 6.17 Å². The predicted octanol–water partition coefficient (Wildman–Crippen LogP) is 0.911. The topological polar surface area (TPSA) is 29.1 Å². The molecule has 0 aromatic rings. The number of aldehydes is 1. The minimum atomic E-state index is -0.728. The van der Waals surface area contributed by atoms with Crippen LogP contribution in [0.4, 0.5) is 4.39 Å². The van der Waals surface area contributed by atoms with E-state index in [1.165, 1.54) is 0 Å². The van der Waals surface area contributed by atoms with Crippen molar-refractivity contribution in [1.29, 1.82) is 0 Å². The van der Waals surface area contributed by atoms with Crippen LogP contribution in [0.5, 0.6) is 0 Å². The highest BCUT2D eigenvalue weighted by Crippen LogP contribution is 2.35. The minimum absolute atomic E-state index is 0.0334. The summed E-state index contributed by atoms with van der Waals surface area (Å²) in [4.78, 5) is 10.6. The molecule has 0 radical (unpaired) electrons. The summed E-state index contributed by atoms with van der Waals surface area (Å²) in [6.07, 6.45) is 2.87. The molecule has 1 N–H and O–H groups in total. The van der Waals surface area contributed by atoms with Gasteiger partial charge in [0.25, 0.3) is 0 Å². The summed E-state index contributed by atoms with van der Waals surface area (Å²) in [5.41, 5.74) is 0. The SMILES string of the molecule is O=CC1CNC2C(F)CCCC12. The molecular weight excluding hydrogens is 157 g/mol. The van der Waals surface area contributed by atoms with E-state index in [0.717, 1.165) is 19.1 Å². The quantitative estimate of drug-likeness (QED) is 0.594. The first-order valence-electron chi connectivity index (χ1n) is 4.65. The van der Waals surface area contributed by atoms with E-state index in [1.807, 2.05) is 0 Å². The standard InChI is InChI=1S/C9H14FNO/c10-8-3-1-2-7-6(5-12)4-11-9(7)8/h5-9,11H,1-4H2. The number of hydrogen-bond donors (Lipinski definition) is 1. The molecule has 2 fully saturated rings. The van der Waals surface area contributed by atoms with Crippen LogP contribution in [-0.2, 0) is 4.79 Å². The van der Waals surface area contributed by atoms with Crippen LogP contribution in [-0.4, -0.2) is 25.0 Å².